The minimum Gasteiger partial charge on any atom is -0.465 e. The number of ether oxygens (including phenoxy) is 1. The molecule has 30 heavy (non-hydrogen) atoms. The van der Waals surface area contributed by atoms with Gasteiger partial charge in [0.2, 0.25) is 17.5 Å². The summed E-state index contributed by atoms with van der Waals surface area (Å²) in [7, 11) is 0. The zero-order valence-corrected chi connectivity index (χ0v) is 17.0. The summed E-state index contributed by atoms with van der Waals surface area (Å²) in [6.07, 6.45) is 3.03. The van der Waals surface area contributed by atoms with Crippen molar-refractivity contribution < 1.29 is 23.3 Å². The minimum atomic E-state index is -0.625. The Labute approximate surface area is 172 Å². The molecule has 2 aromatic heterocycles. The predicted octanol–water partition coefficient (Wildman–Crippen LogP) is 3.12. The second kappa shape index (κ2) is 8.10. The van der Waals surface area contributed by atoms with Crippen LogP contribution < -0.4 is 5.32 Å². The van der Waals surface area contributed by atoms with Crippen LogP contribution in [0.2, 0.25) is 0 Å². The first-order chi connectivity index (χ1) is 14.5. The van der Waals surface area contributed by atoms with Crippen LogP contribution in [0.4, 0.5) is 0 Å². The molecule has 2 unspecified atom stereocenters. The minimum absolute atomic E-state index is 0.100. The molecule has 0 aliphatic heterocycles. The largest absolute Gasteiger partial charge is 0.465 e. The summed E-state index contributed by atoms with van der Waals surface area (Å²) in [6.45, 7) is 5.40. The number of aromatic nitrogens is 3. The SMILES string of the molecule is CCOC(=O)C(C)c1nc(-c2ccc3c(c2)CCC3NC(=O)c2cnc(C)o2)no1. The number of carbonyl (C=O) groups excluding carboxylic acids is 2. The summed E-state index contributed by atoms with van der Waals surface area (Å²) in [5, 5.41) is 7.00. The van der Waals surface area contributed by atoms with Crippen molar-refractivity contribution in [1.29, 1.82) is 0 Å². The van der Waals surface area contributed by atoms with Crippen molar-refractivity contribution in [3.05, 3.63) is 53.1 Å². The van der Waals surface area contributed by atoms with Crippen LogP contribution in [0, 0.1) is 6.92 Å². The van der Waals surface area contributed by atoms with Crippen molar-refractivity contribution in [3.8, 4) is 11.4 Å². The van der Waals surface area contributed by atoms with Gasteiger partial charge in [0.1, 0.15) is 5.92 Å². The third-order valence-electron chi connectivity index (χ3n) is 5.08. The first-order valence-corrected chi connectivity index (χ1v) is 9.83. The molecule has 9 heteroatoms. The van der Waals surface area contributed by atoms with E-state index in [2.05, 4.69) is 20.4 Å². The highest BCUT2D eigenvalue weighted by Crippen LogP contribution is 2.34. The quantitative estimate of drug-likeness (QED) is 0.616. The maximum absolute atomic E-state index is 12.4. The van der Waals surface area contributed by atoms with Crippen molar-refractivity contribution in [1.82, 2.24) is 20.4 Å². The topological polar surface area (TPSA) is 120 Å². The van der Waals surface area contributed by atoms with Gasteiger partial charge < -0.3 is 19.0 Å². The van der Waals surface area contributed by atoms with Gasteiger partial charge in [-0.1, -0.05) is 17.3 Å². The van der Waals surface area contributed by atoms with E-state index in [-0.39, 0.29) is 23.6 Å². The molecule has 1 N–H and O–H groups in total. The number of fused-ring (bicyclic) bond motifs is 1. The average Bonchev–Trinajstić information content (AvgIpc) is 3.47. The van der Waals surface area contributed by atoms with Gasteiger partial charge in [0.15, 0.2) is 5.89 Å². The van der Waals surface area contributed by atoms with E-state index in [0.29, 0.717) is 18.3 Å². The Morgan fingerprint density at radius 3 is 2.93 bits per heavy atom. The number of benzene rings is 1. The lowest BCUT2D eigenvalue weighted by molar-refractivity contribution is -0.145. The standard InChI is InChI=1S/C21H22N4O5/c1-4-28-21(27)11(2)20-24-18(25-30-20)14-5-7-15-13(9-14)6-8-16(15)23-19(26)17-10-22-12(3)29-17/h5,7,9-11,16H,4,6,8H2,1-3H3,(H,23,26). The number of rotatable bonds is 6. The van der Waals surface area contributed by atoms with E-state index in [0.717, 1.165) is 29.5 Å². The van der Waals surface area contributed by atoms with Crippen molar-refractivity contribution in [2.24, 2.45) is 0 Å². The van der Waals surface area contributed by atoms with Gasteiger partial charge in [-0.05, 0) is 43.9 Å². The Hall–Kier alpha value is -3.49. The second-order valence-corrected chi connectivity index (χ2v) is 7.15. The van der Waals surface area contributed by atoms with E-state index in [9.17, 15) is 9.59 Å². The fourth-order valence-corrected chi connectivity index (χ4v) is 3.50. The van der Waals surface area contributed by atoms with E-state index >= 15 is 0 Å². The fourth-order valence-electron chi connectivity index (χ4n) is 3.50. The zero-order valence-electron chi connectivity index (χ0n) is 17.0. The summed E-state index contributed by atoms with van der Waals surface area (Å²) in [4.78, 5) is 32.5. The molecule has 4 rings (SSSR count). The Bertz CT molecular complexity index is 1090. The molecule has 1 aliphatic rings. The van der Waals surface area contributed by atoms with Gasteiger partial charge in [0, 0.05) is 12.5 Å². The van der Waals surface area contributed by atoms with Crippen LogP contribution in [0.15, 0.2) is 33.3 Å². The van der Waals surface area contributed by atoms with Crippen LogP contribution in [-0.4, -0.2) is 33.6 Å². The Morgan fingerprint density at radius 2 is 2.20 bits per heavy atom. The van der Waals surface area contributed by atoms with Gasteiger partial charge in [0.05, 0.1) is 18.8 Å². The van der Waals surface area contributed by atoms with Crippen LogP contribution in [-0.2, 0) is 16.0 Å². The number of hydrogen-bond acceptors (Lipinski definition) is 8. The molecule has 1 amide bonds. The van der Waals surface area contributed by atoms with Crippen molar-refractivity contribution in [3.63, 3.8) is 0 Å². The molecule has 156 valence electrons. The maximum atomic E-state index is 12.4. The van der Waals surface area contributed by atoms with Crippen LogP contribution in [0.3, 0.4) is 0 Å². The number of hydrogen-bond donors (Lipinski definition) is 1. The van der Waals surface area contributed by atoms with Gasteiger partial charge in [0.25, 0.3) is 5.91 Å². The van der Waals surface area contributed by atoms with Gasteiger partial charge in [-0.15, -0.1) is 0 Å². The molecular weight excluding hydrogens is 388 g/mol. The molecule has 0 bridgehead atoms. The number of aryl methyl sites for hydroxylation is 2. The monoisotopic (exact) mass is 410 g/mol. The van der Waals surface area contributed by atoms with Gasteiger partial charge in [-0.3, -0.25) is 9.59 Å². The zero-order chi connectivity index (χ0) is 21.3. The molecule has 0 saturated heterocycles. The summed E-state index contributed by atoms with van der Waals surface area (Å²) < 4.78 is 15.5. The van der Waals surface area contributed by atoms with E-state index in [1.807, 2.05) is 18.2 Å². The van der Waals surface area contributed by atoms with Crippen LogP contribution in [0.1, 0.15) is 65.7 Å². The predicted molar refractivity (Wildman–Crippen MR) is 105 cm³/mol. The lowest BCUT2D eigenvalue weighted by atomic mass is 10.0. The molecule has 0 saturated carbocycles. The Morgan fingerprint density at radius 1 is 1.37 bits per heavy atom. The third-order valence-corrected chi connectivity index (χ3v) is 5.08. The van der Waals surface area contributed by atoms with Crippen molar-refractivity contribution in [2.75, 3.05) is 6.61 Å². The second-order valence-electron chi connectivity index (χ2n) is 7.15. The first kappa shape index (κ1) is 19.8. The Kier molecular flexibility index (Phi) is 5.35. The normalized spacial score (nSPS) is 16.2. The van der Waals surface area contributed by atoms with Gasteiger partial charge in [-0.25, -0.2) is 4.98 Å². The summed E-state index contributed by atoms with van der Waals surface area (Å²) in [5.41, 5.74) is 2.95. The lowest BCUT2D eigenvalue weighted by Crippen LogP contribution is -2.26. The molecule has 1 aromatic carbocycles. The van der Waals surface area contributed by atoms with E-state index in [1.165, 1.54) is 6.20 Å². The number of amides is 1. The van der Waals surface area contributed by atoms with E-state index < -0.39 is 11.9 Å². The fraction of sp³-hybridized carbons (Fsp3) is 0.381. The highest BCUT2D eigenvalue weighted by molar-refractivity contribution is 5.91. The highest BCUT2D eigenvalue weighted by Gasteiger charge is 2.27. The molecular formula is C21H22N4O5. The molecule has 2 atom stereocenters. The van der Waals surface area contributed by atoms with Gasteiger partial charge in [-0.2, -0.15) is 4.98 Å². The van der Waals surface area contributed by atoms with Crippen LogP contribution in [0.5, 0.6) is 0 Å². The molecule has 0 radical (unpaired) electrons. The smallest absolute Gasteiger partial charge is 0.318 e. The average molecular weight is 410 g/mol. The molecule has 3 aromatic rings. The Balaban J connectivity index is 1.49. The number of nitrogens with zero attached hydrogens (tertiary/aromatic N) is 3. The highest BCUT2D eigenvalue weighted by atomic mass is 16.5. The third kappa shape index (κ3) is 3.83. The van der Waals surface area contributed by atoms with Crippen molar-refractivity contribution in [2.45, 2.75) is 45.6 Å². The molecule has 0 fully saturated rings. The molecule has 9 nitrogen and oxygen atoms in total. The van der Waals surface area contributed by atoms with E-state index in [4.69, 9.17) is 13.7 Å². The number of carbonyl (C=O) groups is 2. The molecule has 2 heterocycles. The summed E-state index contributed by atoms with van der Waals surface area (Å²) in [6, 6.07) is 5.73. The van der Waals surface area contributed by atoms with Crippen molar-refractivity contribution >= 4 is 11.9 Å². The lowest BCUT2D eigenvalue weighted by Gasteiger charge is -2.13. The molecule has 1 aliphatic carbocycles. The number of nitrogens with one attached hydrogen (secondary N) is 1. The van der Waals surface area contributed by atoms with E-state index in [1.54, 1.807) is 20.8 Å². The summed E-state index contributed by atoms with van der Waals surface area (Å²) >= 11 is 0. The van der Waals surface area contributed by atoms with Crippen LogP contribution >= 0.6 is 0 Å². The summed E-state index contributed by atoms with van der Waals surface area (Å²) in [5.74, 6) is -0.0265. The maximum Gasteiger partial charge on any atom is 0.318 e. The number of oxazole rings is 1. The van der Waals surface area contributed by atoms with Crippen LogP contribution in [0.25, 0.3) is 11.4 Å². The molecule has 0 spiro atoms. The number of esters is 1. The van der Waals surface area contributed by atoms with Gasteiger partial charge >= 0.3 is 5.97 Å². The first-order valence-electron chi connectivity index (χ1n) is 9.83.